The first-order chi connectivity index (χ1) is 12.6. The highest BCUT2D eigenvalue weighted by Crippen LogP contribution is 2.33. The molecule has 1 aromatic heterocycles. The monoisotopic (exact) mass is 407 g/mol. The lowest BCUT2D eigenvalue weighted by atomic mass is 9.95. The molecular weight excluding hydrogens is 385 g/mol. The fraction of sp³-hybridized carbons (Fsp3) is 0.588. The highest BCUT2D eigenvalue weighted by atomic mass is 35.5. The van der Waals surface area contributed by atoms with Crippen LogP contribution in [0.4, 0.5) is 19.0 Å². The Bertz CT molecular complexity index is 691. The maximum absolute atomic E-state index is 12.7. The average Bonchev–Trinajstić information content (AvgIpc) is 2.61. The SMILES string of the molecule is CCNC(=O)[C@H](C)NC(=O)C1CCN(c2[nH+]cc(C(F)(F)F)cc2Cl)CC1. The zero-order chi connectivity index (χ0) is 20.2. The number of anilines is 1. The van der Waals surface area contributed by atoms with E-state index >= 15 is 0 Å². The molecule has 6 nitrogen and oxygen atoms in total. The van der Waals surface area contributed by atoms with Gasteiger partial charge in [0.1, 0.15) is 17.3 Å². The minimum atomic E-state index is -4.47. The van der Waals surface area contributed by atoms with Crippen LogP contribution in [-0.4, -0.2) is 37.5 Å². The van der Waals surface area contributed by atoms with Crippen LogP contribution in [0.3, 0.4) is 0 Å². The van der Waals surface area contributed by atoms with Gasteiger partial charge >= 0.3 is 6.18 Å². The number of halogens is 4. The highest BCUT2D eigenvalue weighted by molar-refractivity contribution is 6.32. The van der Waals surface area contributed by atoms with Gasteiger partial charge in [-0.1, -0.05) is 11.6 Å². The van der Waals surface area contributed by atoms with E-state index in [1.54, 1.807) is 13.8 Å². The lowest BCUT2D eigenvalue weighted by molar-refractivity contribution is -0.367. The number of carbonyl (C=O) groups is 2. The first-order valence-corrected chi connectivity index (χ1v) is 9.12. The summed E-state index contributed by atoms with van der Waals surface area (Å²) in [6.07, 6.45) is -2.56. The number of H-pyrrole nitrogens is 1. The molecule has 0 spiro atoms. The van der Waals surface area contributed by atoms with Crippen molar-refractivity contribution in [2.75, 3.05) is 24.5 Å². The third-order valence-corrected chi connectivity index (χ3v) is 4.77. The number of pyridine rings is 1. The molecule has 2 amide bonds. The summed E-state index contributed by atoms with van der Waals surface area (Å²) in [5, 5.41) is 5.32. The average molecular weight is 408 g/mol. The van der Waals surface area contributed by atoms with Crippen LogP contribution in [0.15, 0.2) is 12.3 Å². The van der Waals surface area contributed by atoms with Crippen molar-refractivity contribution in [2.45, 2.75) is 38.9 Å². The highest BCUT2D eigenvalue weighted by Gasteiger charge is 2.35. The summed E-state index contributed by atoms with van der Waals surface area (Å²) < 4.78 is 38.2. The van der Waals surface area contributed by atoms with Gasteiger partial charge in [0.15, 0.2) is 0 Å². The number of alkyl halides is 3. The molecule has 1 saturated heterocycles. The lowest BCUT2D eigenvalue weighted by Crippen LogP contribution is -2.49. The molecule has 0 saturated carbocycles. The number of hydrogen-bond donors (Lipinski definition) is 2. The Labute approximate surface area is 160 Å². The molecule has 0 aliphatic carbocycles. The summed E-state index contributed by atoms with van der Waals surface area (Å²) in [4.78, 5) is 28.4. The standard InChI is InChI=1S/C17H22ClF3N4O2/c1-3-22-15(26)10(2)24-16(27)11-4-6-25(7-5-11)14-13(18)8-12(9-23-14)17(19,20)21/h8-11H,3-7H2,1-2H3,(H,22,26)(H,24,27)/p+1/t10-/m0/s1. The minimum absolute atomic E-state index is 0.0161. The first-order valence-electron chi connectivity index (χ1n) is 8.75. The Morgan fingerprint density at radius 3 is 2.52 bits per heavy atom. The van der Waals surface area contributed by atoms with Gasteiger partial charge in [-0.3, -0.25) is 14.5 Å². The Morgan fingerprint density at radius 1 is 1.37 bits per heavy atom. The smallest absolute Gasteiger partial charge is 0.355 e. The third-order valence-electron chi connectivity index (χ3n) is 4.49. The predicted molar refractivity (Wildman–Crippen MR) is 94.2 cm³/mol. The molecule has 1 aromatic rings. The second-order valence-electron chi connectivity index (χ2n) is 6.47. The lowest BCUT2D eigenvalue weighted by Gasteiger charge is -2.28. The van der Waals surface area contributed by atoms with E-state index in [0.29, 0.717) is 38.3 Å². The molecule has 27 heavy (non-hydrogen) atoms. The van der Waals surface area contributed by atoms with E-state index in [2.05, 4.69) is 15.6 Å². The summed E-state index contributed by atoms with van der Waals surface area (Å²) in [6, 6.07) is 0.272. The van der Waals surface area contributed by atoms with E-state index in [1.807, 2.05) is 4.90 Å². The maximum Gasteiger partial charge on any atom is 0.419 e. The van der Waals surface area contributed by atoms with Gasteiger partial charge in [-0.25, -0.2) is 4.98 Å². The summed E-state index contributed by atoms with van der Waals surface area (Å²) >= 11 is 6.00. The summed E-state index contributed by atoms with van der Waals surface area (Å²) in [6.45, 7) is 4.84. The Balaban J connectivity index is 1.93. The third kappa shape index (κ3) is 5.47. The molecule has 150 valence electrons. The van der Waals surface area contributed by atoms with Crippen LogP contribution in [0.5, 0.6) is 0 Å². The number of likely N-dealkylation sites (N-methyl/N-ethyl adjacent to an activating group) is 1. The Morgan fingerprint density at radius 2 is 2.00 bits per heavy atom. The second-order valence-corrected chi connectivity index (χ2v) is 6.88. The number of piperidine rings is 1. The summed E-state index contributed by atoms with van der Waals surface area (Å²) in [5.74, 6) is -0.295. The van der Waals surface area contributed by atoms with E-state index in [1.165, 1.54) is 0 Å². The normalized spacial score (nSPS) is 16.7. The number of nitrogens with one attached hydrogen (secondary N) is 3. The van der Waals surface area contributed by atoms with Crippen LogP contribution in [0.2, 0.25) is 5.02 Å². The largest absolute Gasteiger partial charge is 0.419 e. The number of rotatable bonds is 5. The van der Waals surface area contributed by atoms with E-state index < -0.39 is 17.8 Å². The zero-order valence-electron chi connectivity index (χ0n) is 15.1. The molecule has 2 heterocycles. The first kappa shape index (κ1) is 21.3. The van der Waals surface area contributed by atoms with Crippen LogP contribution in [-0.2, 0) is 15.8 Å². The van der Waals surface area contributed by atoms with Crippen LogP contribution in [0.25, 0.3) is 0 Å². The van der Waals surface area contributed by atoms with E-state index in [4.69, 9.17) is 11.6 Å². The fourth-order valence-corrected chi connectivity index (χ4v) is 3.25. The molecule has 1 fully saturated rings. The van der Waals surface area contributed by atoms with Gasteiger partial charge in [0.05, 0.1) is 18.7 Å². The van der Waals surface area contributed by atoms with Crippen molar-refractivity contribution in [3.05, 3.63) is 22.8 Å². The quantitative estimate of drug-likeness (QED) is 0.784. The summed E-state index contributed by atoms with van der Waals surface area (Å²) in [5.41, 5.74) is -0.843. The molecule has 1 aliphatic heterocycles. The Kier molecular flexibility index (Phi) is 6.91. The molecular formula is C17H23ClF3N4O2+. The number of aromatic nitrogens is 1. The van der Waals surface area contributed by atoms with Crippen molar-refractivity contribution < 1.29 is 27.7 Å². The van der Waals surface area contributed by atoms with Gasteiger partial charge in [-0.15, -0.1) is 0 Å². The van der Waals surface area contributed by atoms with Crippen molar-refractivity contribution in [2.24, 2.45) is 5.92 Å². The van der Waals surface area contributed by atoms with Crippen LogP contribution in [0, 0.1) is 5.92 Å². The fourth-order valence-electron chi connectivity index (χ4n) is 2.96. The number of amides is 2. The van der Waals surface area contributed by atoms with Crippen molar-refractivity contribution in [1.82, 2.24) is 10.6 Å². The predicted octanol–water partition coefficient (Wildman–Crippen LogP) is 2.03. The van der Waals surface area contributed by atoms with Crippen LogP contribution in [0.1, 0.15) is 32.3 Å². The van der Waals surface area contributed by atoms with Crippen molar-refractivity contribution in [3.63, 3.8) is 0 Å². The molecule has 1 atom stereocenters. The Hall–Kier alpha value is -2.03. The van der Waals surface area contributed by atoms with Gasteiger partial charge in [0.25, 0.3) is 5.82 Å². The van der Waals surface area contributed by atoms with E-state index in [-0.39, 0.29) is 22.8 Å². The molecule has 2 rings (SSSR count). The molecule has 1 aliphatic rings. The molecule has 3 N–H and O–H groups in total. The number of hydrogen-bond acceptors (Lipinski definition) is 3. The number of carbonyl (C=O) groups excluding carboxylic acids is 2. The van der Waals surface area contributed by atoms with Gasteiger partial charge in [-0.05, 0) is 32.8 Å². The minimum Gasteiger partial charge on any atom is -0.355 e. The van der Waals surface area contributed by atoms with Gasteiger partial charge < -0.3 is 10.6 Å². The van der Waals surface area contributed by atoms with Gasteiger partial charge in [0.2, 0.25) is 11.8 Å². The van der Waals surface area contributed by atoms with Crippen LogP contribution >= 0.6 is 11.6 Å². The van der Waals surface area contributed by atoms with E-state index in [0.717, 1.165) is 12.3 Å². The van der Waals surface area contributed by atoms with Crippen molar-refractivity contribution >= 4 is 29.2 Å². The molecule has 0 bridgehead atoms. The maximum atomic E-state index is 12.7. The molecule has 0 unspecified atom stereocenters. The van der Waals surface area contributed by atoms with Crippen molar-refractivity contribution in [3.8, 4) is 0 Å². The van der Waals surface area contributed by atoms with Crippen molar-refractivity contribution in [1.29, 1.82) is 0 Å². The molecule has 0 aromatic carbocycles. The topological polar surface area (TPSA) is 75.6 Å². The van der Waals surface area contributed by atoms with E-state index in [9.17, 15) is 22.8 Å². The zero-order valence-corrected chi connectivity index (χ0v) is 15.9. The molecule has 0 radical (unpaired) electrons. The number of nitrogens with zero attached hydrogens (tertiary/aromatic N) is 1. The van der Waals surface area contributed by atoms with Crippen LogP contribution < -0.4 is 20.5 Å². The van der Waals surface area contributed by atoms with Gasteiger partial charge in [-0.2, -0.15) is 13.2 Å². The second kappa shape index (κ2) is 8.77. The summed E-state index contributed by atoms with van der Waals surface area (Å²) in [7, 11) is 0. The van der Waals surface area contributed by atoms with Gasteiger partial charge in [0, 0.05) is 12.5 Å². The molecule has 10 heteroatoms. The number of aromatic amines is 1.